The van der Waals surface area contributed by atoms with Gasteiger partial charge >= 0.3 is 0 Å². The lowest BCUT2D eigenvalue weighted by molar-refractivity contribution is -0.120. The third kappa shape index (κ3) is 2.51. The summed E-state index contributed by atoms with van der Waals surface area (Å²) in [5.74, 6) is 2.46. The van der Waals surface area contributed by atoms with Crippen LogP contribution in [0.3, 0.4) is 0 Å². The van der Waals surface area contributed by atoms with Gasteiger partial charge in [-0.05, 0) is 43.7 Å². The molecule has 2 aromatic rings. The van der Waals surface area contributed by atoms with Gasteiger partial charge < -0.3 is 9.88 Å². The van der Waals surface area contributed by atoms with Crippen molar-refractivity contribution in [1.82, 2.24) is 14.5 Å². The molecule has 4 rings (SSSR count). The second kappa shape index (κ2) is 5.23. The van der Waals surface area contributed by atoms with Crippen LogP contribution in [0, 0.1) is 12.8 Å². The Morgan fingerprint density at radius 2 is 2.09 bits per heavy atom. The summed E-state index contributed by atoms with van der Waals surface area (Å²) in [6, 6.07) is 4.00. The molecule has 2 aromatic heterocycles. The summed E-state index contributed by atoms with van der Waals surface area (Å²) < 4.78 is 2.20. The predicted molar refractivity (Wildman–Crippen MR) is 83.6 cm³/mol. The molecule has 114 valence electrons. The van der Waals surface area contributed by atoms with Crippen molar-refractivity contribution in [3.8, 4) is 0 Å². The molecular formula is C17H20N4O. The molecule has 1 N–H and O–H groups in total. The monoisotopic (exact) mass is 296 g/mol. The summed E-state index contributed by atoms with van der Waals surface area (Å²) in [6.07, 6.45) is 7.93. The van der Waals surface area contributed by atoms with Gasteiger partial charge in [0.15, 0.2) is 0 Å². The number of nitrogens with zero attached hydrogens (tertiary/aromatic N) is 3. The second-order valence-electron chi connectivity index (χ2n) is 6.38. The third-order valence-electron chi connectivity index (χ3n) is 4.75. The van der Waals surface area contributed by atoms with Gasteiger partial charge in [-0.2, -0.15) is 0 Å². The first kappa shape index (κ1) is 13.5. The number of amides is 1. The number of nitrogens with one attached hydrogen (secondary N) is 1. The van der Waals surface area contributed by atoms with Crippen molar-refractivity contribution in [2.24, 2.45) is 5.92 Å². The van der Waals surface area contributed by atoms with Gasteiger partial charge in [-0.25, -0.2) is 9.97 Å². The molecule has 0 radical (unpaired) electrons. The molecule has 0 bridgehead atoms. The van der Waals surface area contributed by atoms with Crippen LogP contribution in [0.5, 0.6) is 0 Å². The van der Waals surface area contributed by atoms with E-state index in [-0.39, 0.29) is 11.8 Å². The molecular weight excluding hydrogens is 276 g/mol. The smallest absolute Gasteiger partial charge is 0.229 e. The largest absolute Gasteiger partial charge is 0.332 e. The van der Waals surface area contributed by atoms with Crippen LogP contribution in [-0.4, -0.2) is 20.4 Å². The van der Waals surface area contributed by atoms with E-state index in [1.54, 1.807) is 0 Å². The van der Waals surface area contributed by atoms with E-state index in [1.807, 2.05) is 25.4 Å². The highest BCUT2D eigenvalue weighted by Gasteiger charge is 2.27. The van der Waals surface area contributed by atoms with Crippen LogP contribution < -0.4 is 5.32 Å². The molecule has 1 atom stereocenters. The Morgan fingerprint density at radius 3 is 2.82 bits per heavy atom. The van der Waals surface area contributed by atoms with E-state index in [1.165, 1.54) is 18.4 Å². The van der Waals surface area contributed by atoms with E-state index in [9.17, 15) is 4.79 Å². The van der Waals surface area contributed by atoms with E-state index in [2.05, 4.69) is 25.9 Å². The van der Waals surface area contributed by atoms with Gasteiger partial charge in [0.05, 0.1) is 0 Å². The maximum absolute atomic E-state index is 12.4. The number of rotatable bonds is 3. The van der Waals surface area contributed by atoms with Crippen molar-refractivity contribution in [3.63, 3.8) is 0 Å². The predicted octanol–water partition coefficient (Wildman–Crippen LogP) is 2.67. The summed E-state index contributed by atoms with van der Waals surface area (Å²) in [5.41, 5.74) is 2.44. The third-order valence-corrected chi connectivity index (χ3v) is 4.75. The number of anilines is 1. The van der Waals surface area contributed by atoms with Crippen molar-refractivity contribution in [1.29, 1.82) is 0 Å². The van der Waals surface area contributed by atoms with Crippen LogP contribution >= 0.6 is 0 Å². The Kier molecular flexibility index (Phi) is 3.21. The molecule has 5 heteroatoms. The van der Waals surface area contributed by atoms with Crippen LogP contribution in [0.4, 0.5) is 5.82 Å². The fourth-order valence-electron chi connectivity index (χ4n) is 3.21. The standard InChI is InChI=1S/C17H20N4O/c1-11-18-10-15-8-13(6-7-21(11)15)17(22)20-16-5-4-14(9-19-16)12-2-3-12/h4-5,9-10,12-13H,2-3,6-8H2,1H3,(H,19,20,22). The molecule has 1 fully saturated rings. The fourth-order valence-corrected chi connectivity index (χ4v) is 3.21. The molecule has 3 heterocycles. The van der Waals surface area contributed by atoms with Gasteiger partial charge in [-0.3, -0.25) is 4.79 Å². The molecule has 0 aromatic carbocycles. The Bertz CT molecular complexity index is 700. The number of aromatic nitrogens is 3. The van der Waals surface area contributed by atoms with Gasteiger partial charge in [0.2, 0.25) is 5.91 Å². The van der Waals surface area contributed by atoms with E-state index in [4.69, 9.17) is 0 Å². The minimum atomic E-state index is 0.00788. The van der Waals surface area contributed by atoms with Gasteiger partial charge in [-0.15, -0.1) is 0 Å². The first-order chi connectivity index (χ1) is 10.7. The number of carbonyl (C=O) groups is 1. The Labute approximate surface area is 129 Å². The maximum Gasteiger partial charge on any atom is 0.229 e. The minimum Gasteiger partial charge on any atom is -0.332 e. The molecule has 2 aliphatic rings. The minimum absolute atomic E-state index is 0.00788. The summed E-state index contributed by atoms with van der Waals surface area (Å²) in [4.78, 5) is 21.1. The van der Waals surface area contributed by atoms with Gasteiger partial charge in [0.25, 0.3) is 0 Å². The summed E-state index contributed by atoms with van der Waals surface area (Å²) in [5, 5.41) is 2.96. The number of fused-ring (bicyclic) bond motifs is 1. The lowest BCUT2D eigenvalue weighted by Gasteiger charge is -2.23. The Morgan fingerprint density at radius 1 is 1.23 bits per heavy atom. The highest BCUT2D eigenvalue weighted by Crippen LogP contribution is 2.39. The first-order valence-corrected chi connectivity index (χ1v) is 7.98. The Hall–Kier alpha value is -2.17. The number of hydrogen-bond acceptors (Lipinski definition) is 3. The van der Waals surface area contributed by atoms with Crippen LogP contribution in [0.2, 0.25) is 0 Å². The van der Waals surface area contributed by atoms with Gasteiger partial charge in [0, 0.05) is 37.0 Å². The van der Waals surface area contributed by atoms with Crippen molar-refractivity contribution >= 4 is 11.7 Å². The van der Waals surface area contributed by atoms with E-state index >= 15 is 0 Å². The SMILES string of the molecule is Cc1ncc2n1CCC(C(=O)Nc1ccc(C3CC3)cn1)C2. The zero-order valence-corrected chi connectivity index (χ0v) is 12.7. The molecule has 5 nitrogen and oxygen atoms in total. The number of aryl methyl sites for hydroxylation is 1. The number of imidazole rings is 1. The maximum atomic E-state index is 12.4. The molecule has 1 aliphatic heterocycles. The molecule has 1 aliphatic carbocycles. The van der Waals surface area contributed by atoms with Crippen LogP contribution in [-0.2, 0) is 17.8 Å². The molecule has 0 spiro atoms. The number of hydrogen-bond donors (Lipinski definition) is 1. The number of carbonyl (C=O) groups excluding carboxylic acids is 1. The van der Waals surface area contributed by atoms with Gasteiger partial charge in [-0.1, -0.05) is 6.07 Å². The van der Waals surface area contributed by atoms with Crippen LogP contribution in [0.25, 0.3) is 0 Å². The zero-order valence-electron chi connectivity index (χ0n) is 12.7. The zero-order chi connectivity index (χ0) is 15.1. The lowest BCUT2D eigenvalue weighted by atomic mass is 9.95. The molecule has 1 unspecified atom stereocenters. The van der Waals surface area contributed by atoms with Gasteiger partial charge in [0.1, 0.15) is 11.6 Å². The normalized spacial score (nSPS) is 20.5. The summed E-state index contributed by atoms with van der Waals surface area (Å²) in [7, 11) is 0. The van der Waals surface area contributed by atoms with E-state index in [0.717, 1.165) is 30.9 Å². The van der Waals surface area contributed by atoms with E-state index in [0.29, 0.717) is 11.7 Å². The van der Waals surface area contributed by atoms with Crippen molar-refractivity contribution in [2.75, 3.05) is 5.32 Å². The van der Waals surface area contributed by atoms with Crippen LogP contribution in [0.1, 0.15) is 42.3 Å². The second-order valence-corrected chi connectivity index (χ2v) is 6.38. The molecule has 1 amide bonds. The van der Waals surface area contributed by atoms with Crippen molar-refractivity contribution in [2.45, 2.75) is 45.1 Å². The number of pyridine rings is 1. The lowest BCUT2D eigenvalue weighted by Crippen LogP contribution is -2.30. The topological polar surface area (TPSA) is 59.8 Å². The summed E-state index contributed by atoms with van der Waals surface area (Å²) >= 11 is 0. The molecule has 0 saturated heterocycles. The highest BCUT2D eigenvalue weighted by atomic mass is 16.1. The van der Waals surface area contributed by atoms with Crippen LogP contribution in [0.15, 0.2) is 24.5 Å². The average Bonchev–Trinajstić information content (AvgIpc) is 3.32. The molecule has 1 saturated carbocycles. The Balaban J connectivity index is 1.41. The van der Waals surface area contributed by atoms with Crippen molar-refractivity contribution < 1.29 is 4.79 Å². The van der Waals surface area contributed by atoms with Crippen molar-refractivity contribution in [3.05, 3.63) is 41.6 Å². The quantitative estimate of drug-likeness (QED) is 0.947. The summed E-state index contributed by atoms with van der Waals surface area (Å²) in [6.45, 7) is 2.88. The average molecular weight is 296 g/mol. The van der Waals surface area contributed by atoms with E-state index < -0.39 is 0 Å². The fraction of sp³-hybridized carbons (Fsp3) is 0.471. The highest BCUT2D eigenvalue weighted by molar-refractivity contribution is 5.91. The first-order valence-electron chi connectivity index (χ1n) is 7.98. The molecule has 22 heavy (non-hydrogen) atoms.